The quantitative estimate of drug-likeness (QED) is 0.413. The highest BCUT2D eigenvalue weighted by Gasteiger charge is 2.30. The normalized spacial score (nSPS) is 11.5. The third kappa shape index (κ3) is 4.66. The lowest BCUT2D eigenvalue weighted by Gasteiger charge is -2.07. The van der Waals surface area contributed by atoms with Gasteiger partial charge in [0, 0.05) is 12.0 Å². The molecule has 0 saturated heterocycles. The summed E-state index contributed by atoms with van der Waals surface area (Å²) in [4.78, 5) is 21.2. The van der Waals surface area contributed by atoms with Gasteiger partial charge in [-0.3, -0.25) is 4.79 Å². The first kappa shape index (κ1) is 20.8. The van der Waals surface area contributed by atoms with Crippen LogP contribution in [0.4, 0.5) is 18.2 Å². The second kappa shape index (κ2) is 8.35. The average molecular weight is 443 g/mol. The van der Waals surface area contributed by atoms with Gasteiger partial charge < -0.3 is 9.73 Å². The molecule has 0 unspecified atom stereocenters. The lowest BCUT2D eigenvalue weighted by Crippen LogP contribution is -2.13. The average Bonchev–Trinajstić information content (AvgIpc) is 3.35. The minimum absolute atomic E-state index is 0.137. The van der Waals surface area contributed by atoms with Crippen molar-refractivity contribution in [2.24, 2.45) is 0 Å². The summed E-state index contributed by atoms with van der Waals surface area (Å²) >= 11 is 1.21. The van der Waals surface area contributed by atoms with Crippen molar-refractivity contribution in [3.8, 4) is 11.3 Å². The fraction of sp³-hybridized carbons (Fsp3) is 0.136. The summed E-state index contributed by atoms with van der Waals surface area (Å²) in [6, 6.07) is 14.3. The minimum atomic E-state index is -4.40. The SMILES string of the molecule is Cc1nc(Cc2cccc(C(F)(F)F)c2)sc1NC(=O)c1ncoc1-c1ccccc1. The number of aromatic nitrogens is 2. The van der Waals surface area contributed by atoms with Gasteiger partial charge in [0.15, 0.2) is 17.8 Å². The van der Waals surface area contributed by atoms with Gasteiger partial charge in [0.1, 0.15) is 5.00 Å². The molecule has 2 heterocycles. The van der Waals surface area contributed by atoms with E-state index in [1.807, 2.05) is 30.3 Å². The number of anilines is 1. The summed E-state index contributed by atoms with van der Waals surface area (Å²) in [5.41, 5.74) is 1.22. The van der Waals surface area contributed by atoms with Gasteiger partial charge in [0.25, 0.3) is 5.91 Å². The molecule has 4 rings (SSSR count). The zero-order chi connectivity index (χ0) is 22.0. The molecule has 31 heavy (non-hydrogen) atoms. The maximum atomic E-state index is 12.9. The van der Waals surface area contributed by atoms with Crippen molar-refractivity contribution < 1.29 is 22.4 Å². The van der Waals surface area contributed by atoms with Gasteiger partial charge in [-0.15, -0.1) is 11.3 Å². The van der Waals surface area contributed by atoms with Crippen LogP contribution in [0.25, 0.3) is 11.3 Å². The molecule has 0 aliphatic carbocycles. The first-order valence-corrected chi connectivity index (χ1v) is 10.1. The second-order valence-electron chi connectivity index (χ2n) is 6.75. The van der Waals surface area contributed by atoms with Crippen LogP contribution in [-0.2, 0) is 12.6 Å². The molecule has 1 amide bonds. The van der Waals surface area contributed by atoms with E-state index in [0.29, 0.717) is 27.0 Å². The molecule has 0 spiro atoms. The number of nitrogens with one attached hydrogen (secondary N) is 1. The predicted molar refractivity (Wildman–Crippen MR) is 111 cm³/mol. The van der Waals surface area contributed by atoms with E-state index < -0.39 is 17.6 Å². The number of thiazole rings is 1. The summed E-state index contributed by atoms with van der Waals surface area (Å²) in [5.74, 6) is -0.102. The molecule has 9 heteroatoms. The molecule has 0 fully saturated rings. The van der Waals surface area contributed by atoms with Crippen molar-refractivity contribution in [3.05, 3.63) is 88.5 Å². The Morgan fingerprint density at radius 3 is 2.65 bits per heavy atom. The van der Waals surface area contributed by atoms with Crippen LogP contribution in [0.1, 0.15) is 32.3 Å². The monoisotopic (exact) mass is 443 g/mol. The van der Waals surface area contributed by atoms with Gasteiger partial charge in [-0.1, -0.05) is 48.5 Å². The number of hydrogen-bond donors (Lipinski definition) is 1. The number of carbonyl (C=O) groups is 1. The summed E-state index contributed by atoms with van der Waals surface area (Å²) in [5, 5.41) is 3.88. The van der Waals surface area contributed by atoms with Gasteiger partial charge in [0.2, 0.25) is 0 Å². The molecule has 0 aliphatic rings. The van der Waals surface area contributed by atoms with Gasteiger partial charge in [-0.05, 0) is 18.6 Å². The number of hydrogen-bond acceptors (Lipinski definition) is 5. The lowest BCUT2D eigenvalue weighted by atomic mass is 10.1. The summed E-state index contributed by atoms with van der Waals surface area (Å²) in [6.45, 7) is 1.72. The number of nitrogens with zero attached hydrogens (tertiary/aromatic N) is 2. The Morgan fingerprint density at radius 1 is 1.13 bits per heavy atom. The van der Waals surface area contributed by atoms with Crippen molar-refractivity contribution in [1.82, 2.24) is 9.97 Å². The van der Waals surface area contributed by atoms with Gasteiger partial charge in [-0.2, -0.15) is 13.2 Å². The highest BCUT2D eigenvalue weighted by Crippen LogP contribution is 2.32. The minimum Gasteiger partial charge on any atom is -0.443 e. The molecule has 0 aliphatic heterocycles. The number of alkyl halides is 3. The molecule has 0 atom stereocenters. The zero-order valence-electron chi connectivity index (χ0n) is 16.2. The molecule has 2 aromatic heterocycles. The number of halogens is 3. The fourth-order valence-corrected chi connectivity index (χ4v) is 4.03. The summed E-state index contributed by atoms with van der Waals surface area (Å²) in [7, 11) is 0. The van der Waals surface area contributed by atoms with Crippen LogP contribution >= 0.6 is 11.3 Å². The molecule has 4 aromatic rings. The number of amides is 1. The van der Waals surface area contributed by atoms with Crippen molar-refractivity contribution in [2.75, 3.05) is 5.32 Å². The van der Waals surface area contributed by atoms with Crippen LogP contribution in [0, 0.1) is 6.92 Å². The van der Waals surface area contributed by atoms with E-state index in [0.717, 1.165) is 17.7 Å². The Balaban J connectivity index is 1.52. The van der Waals surface area contributed by atoms with Crippen molar-refractivity contribution in [3.63, 3.8) is 0 Å². The van der Waals surface area contributed by atoms with Crippen molar-refractivity contribution in [1.29, 1.82) is 0 Å². The van der Waals surface area contributed by atoms with Crippen LogP contribution in [-0.4, -0.2) is 15.9 Å². The third-order valence-electron chi connectivity index (χ3n) is 4.50. The Labute approximate surface area is 179 Å². The van der Waals surface area contributed by atoms with Crippen LogP contribution in [0.2, 0.25) is 0 Å². The predicted octanol–water partition coefficient (Wildman–Crippen LogP) is 5.97. The third-order valence-corrected chi connectivity index (χ3v) is 5.57. The van der Waals surface area contributed by atoms with E-state index in [1.165, 1.54) is 23.8 Å². The van der Waals surface area contributed by atoms with E-state index in [2.05, 4.69) is 15.3 Å². The molecule has 5 nitrogen and oxygen atoms in total. The maximum Gasteiger partial charge on any atom is 0.416 e. The molecular formula is C22H16F3N3O2S. The van der Waals surface area contributed by atoms with Crippen molar-refractivity contribution in [2.45, 2.75) is 19.5 Å². The number of rotatable bonds is 5. The van der Waals surface area contributed by atoms with E-state index in [9.17, 15) is 18.0 Å². The largest absolute Gasteiger partial charge is 0.443 e. The van der Waals surface area contributed by atoms with E-state index in [-0.39, 0.29) is 12.1 Å². The van der Waals surface area contributed by atoms with E-state index in [1.54, 1.807) is 13.0 Å². The van der Waals surface area contributed by atoms with E-state index >= 15 is 0 Å². The molecular weight excluding hydrogens is 427 g/mol. The molecule has 2 aromatic carbocycles. The smallest absolute Gasteiger partial charge is 0.416 e. The van der Waals surface area contributed by atoms with E-state index in [4.69, 9.17) is 4.42 Å². The standard InChI is InChI=1S/C22H16F3N3O2S/c1-13-21(28-20(29)18-19(30-12-26-18)15-7-3-2-4-8-15)31-17(27-13)11-14-6-5-9-16(10-14)22(23,24)25/h2-10,12H,11H2,1H3,(H,28,29). The Hall–Kier alpha value is -3.46. The number of aryl methyl sites for hydroxylation is 1. The van der Waals surface area contributed by atoms with Crippen LogP contribution < -0.4 is 5.32 Å². The summed E-state index contributed by atoms with van der Waals surface area (Å²) < 4.78 is 44.2. The Kier molecular flexibility index (Phi) is 5.60. The Bertz CT molecular complexity index is 1220. The molecule has 0 bridgehead atoms. The highest BCUT2D eigenvalue weighted by molar-refractivity contribution is 7.16. The molecule has 158 valence electrons. The maximum absolute atomic E-state index is 12.9. The lowest BCUT2D eigenvalue weighted by molar-refractivity contribution is -0.137. The first-order chi connectivity index (χ1) is 14.8. The first-order valence-electron chi connectivity index (χ1n) is 9.24. The topological polar surface area (TPSA) is 68.0 Å². The number of carbonyl (C=O) groups excluding carboxylic acids is 1. The van der Waals surface area contributed by atoms with Crippen LogP contribution in [0.3, 0.4) is 0 Å². The molecule has 0 radical (unpaired) electrons. The highest BCUT2D eigenvalue weighted by atomic mass is 32.1. The van der Waals surface area contributed by atoms with Crippen LogP contribution in [0.15, 0.2) is 65.4 Å². The van der Waals surface area contributed by atoms with Crippen LogP contribution in [0.5, 0.6) is 0 Å². The fourth-order valence-electron chi connectivity index (χ4n) is 3.04. The van der Waals surface area contributed by atoms with Gasteiger partial charge in [-0.25, -0.2) is 9.97 Å². The van der Waals surface area contributed by atoms with Gasteiger partial charge in [0.05, 0.1) is 16.3 Å². The second-order valence-corrected chi connectivity index (χ2v) is 7.83. The molecule has 0 saturated carbocycles. The number of oxazole rings is 1. The molecule has 1 N–H and O–H groups in total. The Morgan fingerprint density at radius 2 is 1.90 bits per heavy atom. The zero-order valence-corrected chi connectivity index (χ0v) is 17.1. The summed E-state index contributed by atoms with van der Waals surface area (Å²) in [6.07, 6.45) is -2.97. The van der Waals surface area contributed by atoms with Gasteiger partial charge >= 0.3 is 6.18 Å². The number of benzene rings is 2. The van der Waals surface area contributed by atoms with Crippen molar-refractivity contribution >= 4 is 22.2 Å².